The molecule has 4 nitrogen and oxygen atoms in total. The van der Waals surface area contributed by atoms with Crippen LogP contribution in [-0.2, 0) is 11.4 Å². The van der Waals surface area contributed by atoms with Gasteiger partial charge in [-0.25, -0.2) is 0 Å². The number of aliphatic hydroxyl groups is 1. The number of hydrogen-bond acceptors (Lipinski definition) is 4. The minimum absolute atomic E-state index is 0.361. The maximum atomic E-state index is 9.13. The Balaban J connectivity index is 1.88. The molecule has 0 aliphatic carbocycles. The fourth-order valence-electron chi connectivity index (χ4n) is 1.22. The van der Waals surface area contributed by atoms with Crippen molar-refractivity contribution in [3.63, 3.8) is 0 Å². The van der Waals surface area contributed by atoms with E-state index in [4.69, 9.17) is 14.4 Å². The third-order valence-corrected chi connectivity index (χ3v) is 1.78. The van der Waals surface area contributed by atoms with E-state index >= 15 is 0 Å². The van der Waals surface area contributed by atoms with Gasteiger partial charge in [-0.3, -0.25) is 4.84 Å². The zero-order chi connectivity index (χ0) is 8.39. The van der Waals surface area contributed by atoms with Crippen LogP contribution in [0, 0.1) is 0 Å². The molecule has 1 fully saturated rings. The van der Waals surface area contributed by atoms with Crippen LogP contribution in [0.5, 0.6) is 0 Å². The second kappa shape index (κ2) is 3.26. The van der Waals surface area contributed by atoms with Crippen molar-refractivity contribution in [1.29, 1.82) is 0 Å². The third-order valence-electron chi connectivity index (χ3n) is 1.78. The first kappa shape index (κ1) is 7.79. The summed E-state index contributed by atoms with van der Waals surface area (Å²) in [4.78, 5) is 5.16. The lowest BCUT2D eigenvalue weighted by Gasteiger charge is -2.10. The molecule has 4 heteroatoms. The number of hydrogen-bond donors (Lipinski definition) is 1. The van der Waals surface area contributed by atoms with E-state index in [1.807, 2.05) is 12.1 Å². The second-order valence-corrected chi connectivity index (χ2v) is 2.85. The van der Waals surface area contributed by atoms with Gasteiger partial charge >= 0.3 is 0 Å². The van der Waals surface area contributed by atoms with Crippen molar-refractivity contribution in [1.82, 2.24) is 5.06 Å². The van der Waals surface area contributed by atoms with Crippen LogP contribution in [0.15, 0.2) is 22.8 Å². The topological polar surface area (TPSA) is 45.8 Å². The van der Waals surface area contributed by atoms with Crippen molar-refractivity contribution < 1.29 is 14.4 Å². The number of furan rings is 1. The number of nitrogens with zero attached hydrogens (tertiary/aromatic N) is 1. The normalized spacial score (nSPS) is 24.9. The number of rotatable bonds is 2. The lowest BCUT2D eigenvalue weighted by atomic mass is 10.4. The highest BCUT2D eigenvalue weighted by molar-refractivity contribution is 4.97. The maximum Gasteiger partial charge on any atom is 0.120 e. The minimum Gasteiger partial charge on any atom is -0.468 e. The van der Waals surface area contributed by atoms with Crippen LogP contribution in [0.3, 0.4) is 0 Å². The third kappa shape index (κ3) is 1.66. The molecule has 0 amide bonds. The van der Waals surface area contributed by atoms with Gasteiger partial charge in [0.25, 0.3) is 0 Å². The fraction of sp³-hybridized carbons (Fsp3) is 0.500. The Morgan fingerprint density at radius 3 is 3.17 bits per heavy atom. The molecule has 1 saturated heterocycles. The SMILES string of the molecule is O[C@H]1CON(Cc2ccco2)C1. The Labute approximate surface area is 70.3 Å². The predicted molar refractivity (Wildman–Crippen MR) is 41.1 cm³/mol. The van der Waals surface area contributed by atoms with Crippen molar-refractivity contribution >= 4 is 0 Å². The van der Waals surface area contributed by atoms with Crippen LogP contribution < -0.4 is 0 Å². The Kier molecular flexibility index (Phi) is 2.12. The largest absolute Gasteiger partial charge is 0.468 e. The molecule has 2 rings (SSSR count). The summed E-state index contributed by atoms with van der Waals surface area (Å²) >= 11 is 0. The molecule has 0 saturated carbocycles. The van der Waals surface area contributed by atoms with Crippen molar-refractivity contribution in [2.45, 2.75) is 12.6 Å². The summed E-state index contributed by atoms with van der Waals surface area (Å²) in [5.74, 6) is 0.851. The molecular weight excluding hydrogens is 158 g/mol. The Morgan fingerprint density at radius 2 is 2.58 bits per heavy atom. The van der Waals surface area contributed by atoms with Gasteiger partial charge in [-0.1, -0.05) is 0 Å². The molecule has 1 atom stereocenters. The van der Waals surface area contributed by atoms with Gasteiger partial charge in [0, 0.05) is 0 Å². The smallest absolute Gasteiger partial charge is 0.120 e. The first-order valence-electron chi connectivity index (χ1n) is 3.93. The Morgan fingerprint density at radius 1 is 1.67 bits per heavy atom. The molecule has 0 radical (unpaired) electrons. The highest BCUT2D eigenvalue weighted by atomic mass is 16.7. The van der Waals surface area contributed by atoms with Crippen molar-refractivity contribution in [2.24, 2.45) is 0 Å². The van der Waals surface area contributed by atoms with Gasteiger partial charge in [-0.2, -0.15) is 5.06 Å². The van der Waals surface area contributed by atoms with Gasteiger partial charge in [-0.15, -0.1) is 0 Å². The molecule has 12 heavy (non-hydrogen) atoms. The summed E-state index contributed by atoms with van der Waals surface area (Å²) in [6.45, 7) is 1.55. The molecule has 1 N–H and O–H groups in total. The van der Waals surface area contributed by atoms with E-state index < -0.39 is 0 Å². The maximum absolute atomic E-state index is 9.13. The zero-order valence-corrected chi connectivity index (χ0v) is 6.64. The van der Waals surface area contributed by atoms with Crippen LogP contribution >= 0.6 is 0 Å². The van der Waals surface area contributed by atoms with E-state index in [0.29, 0.717) is 19.7 Å². The molecule has 0 aromatic carbocycles. The first-order valence-corrected chi connectivity index (χ1v) is 3.93. The lowest BCUT2D eigenvalue weighted by Crippen LogP contribution is -2.20. The molecule has 1 aliphatic rings. The minimum atomic E-state index is -0.361. The molecule has 1 aromatic heterocycles. The summed E-state index contributed by atoms with van der Waals surface area (Å²) in [6.07, 6.45) is 1.27. The zero-order valence-electron chi connectivity index (χ0n) is 6.64. The Bertz CT molecular complexity index is 234. The molecule has 0 unspecified atom stereocenters. The fourth-order valence-corrected chi connectivity index (χ4v) is 1.22. The van der Waals surface area contributed by atoms with E-state index in [2.05, 4.69) is 0 Å². The second-order valence-electron chi connectivity index (χ2n) is 2.85. The average molecular weight is 169 g/mol. The van der Waals surface area contributed by atoms with E-state index in [0.717, 1.165) is 5.76 Å². The van der Waals surface area contributed by atoms with E-state index in [1.165, 1.54) is 0 Å². The highest BCUT2D eigenvalue weighted by Crippen LogP contribution is 2.11. The molecule has 0 bridgehead atoms. The quantitative estimate of drug-likeness (QED) is 0.695. The monoisotopic (exact) mass is 169 g/mol. The first-order chi connectivity index (χ1) is 5.84. The molecule has 66 valence electrons. The van der Waals surface area contributed by atoms with Crippen molar-refractivity contribution in [3.8, 4) is 0 Å². The standard InChI is InChI=1S/C8H11NO3/c10-7-4-9(12-6-7)5-8-2-1-3-11-8/h1-3,7,10H,4-6H2/t7-/m1/s1. The van der Waals surface area contributed by atoms with Gasteiger partial charge in [-0.05, 0) is 12.1 Å². The number of hydroxylamine groups is 2. The summed E-state index contributed by atoms with van der Waals surface area (Å²) in [7, 11) is 0. The Hall–Kier alpha value is -0.840. The summed E-state index contributed by atoms with van der Waals surface area (Å²) in [5, 5.41) is 10.8. The molecule has 1 aromatic rings. The van der Waals surface area contributed by atoms with Crippen molar-refractivity contribution in [2.75, 3.05) is 13.2 Å². The van der Waals surface area contributed by atoms with E-state index in [-0.39, 0.29) is 6.10 Å². The van der Waals surface area contributed by atoms with Crippen LogP contribution in [0.2, 0.25) is 0 Å². The predicted octanol–water partition coefficient (Wildman–Crippen LogP) is 0.388. The van der Waals surface area contributed by atoms with E-state index in [1.54, 1.807) is 11.3 Å². The van der Waals surface area contributed by atoms with Crippen LogP contribution in [0.1, 0.15) is 5.76 Å². The average Bonchev–Trinajstić information content (AvgIpc) is 2.63. The number of aliphatic hydroxyl groups excluding tert-OH is 1. The summed E-state index contributed by atoms with van der Waals surface area (Å²) in [5.41, 5.74) is 0. The lowest BCUT2D eigenvalue weighted by molar-refractivity contribution is -0.121. The summed E-state index contributed by atoms with van der Waals surface area (Å²) in [6, 6.07) is 3.72. The van der Waals surface area contributed by atoms with Crippen LogP contribution in [0.25, 0.3) is 0 Å². The summed E-state index contributed by atoms with van der Waals surface area (Å²) < 4.78 is 5.13. The molecule has 1 aliphatic heterocycles. The van der Waals surface area contributed by atoms with Crippen LogP contribution in [0.4, 0.5) is 0 Å². The molecule has 0 spiro atoms. The van der Waals surface area contributed by atoms with Crippen LogP contribution in [-0.4, -0.2) is 29.4 Å². The highest BCUT2D eigenvalue weighted by Gasteiger charge is 2.21. The van der Waals surface area contributed by atoms with Gasteiger partial charge in [0.05, 0.1) is 32.1 Å². The van der Waals surface area contributed by atoms with Gasteiger partial charge in [0.2, 0.25) is 0 Å². The molecule has 2 heterocycles. The number of β-amino-alcohol motifs (C(OH)–C–C–N with tert-alkyl or cyclic N) is 1. The van der Waals surface area contributed by atoms with E-state index in [9.17, 15) is 0 Å². The van der Waals surface area contributed by atoms with Gasteiger partial charge < -0.3 is 9.52 Å². The molecular formula is C8H11NO3. The van der Waals surface area contributed by atoms with Gasteiger partial charge in [0.15, 0.2) is 0 Å². The van der Waals surface area contributed by atoms with Gasteiger partial charge in [0.1, 0.15) is 5.76 Å². The van der Waals surface area contributed by atoms with Crippen molar-refractivity contribution in [3.05, 3.63) is 24.2 Å².